The number of nitriles is 1. The van der Waals surface area contributed by atoms with E-state index in [4.69, 9.17) is 10.00 Å². The maximum absolute atomic E-state index is 12.5. The molecule has 6 heteroatoms. The third kappa shape index (κ3) is 4.45. The lowest BCUT2D eigenvalue weighted by molar-refractivity contribution is -0.137. The molecular weight excluding hydrogens is 257 g/mol. The van der Waals surface area contributed by atoms with Crippen LogP contribution in [0.3, 0.4) is 0 Å². The van der Waals surface area contributed by atoms with Crippen LogP contribution >= 0.6 is 0 Å². The molecule has 0 aliphatic heterocycles. The lowest BCUT2D eigenvalue weighted by Gasteiger charge is -2.14. The highest BCUT2D eigenvalue weighted by Crippen LogP contribution is 2.31. The van der Waals surface area contributed by atoms with Gasteiger partial charge in [-0.2, -0.15) is 18.4 Å². The molecule has 0 aromatic heterocycles. The average molecular weight is 272 g/mol. The van der Waals surface area contributed by atoms with Crippen LogP contribution in [0.15, 0.2) is 18.2 Å². The van der Waals surface area contributed by atoms with Gasteiger partial charge in [0.25, 0.3) is 0 Å². The zero-order valence-electron chi connectivity index (χ0n) is 10.7. The Labute approximate surface area is 110 Å². The van der Waals surface area contributed by atoms with E-state index in [1.807, 2.05) is 6.92 Å². The summed E-state index contributed by atoms with van der Waals surface area (Å²) in [4.78, 5) is 0. The Kier molecular flexibility index (Phi) is 5.19. The largest absolute Gasteiger partial charge is 0.416 e. The summed E-state index contributed by atoms with van der Waals surface area (Å²) >= 11 is 0. The van der Waals surface area contributed by atoms with Gasteiger partial charge in [-0.1, -0.05) is 6.92 Å². The molecule has 1 atom stereocenters. The summed E-state index contributed by atoms with van der Waals surface area (Å²) in [6.45, 7) is 3.00. The molecular formula is C13H15F3N2O. The number of ether oxygens (including phenoxy) is 1. The van der Waals surface area contributed by atoms with E-state index in [0.29, 0.717) is 18.8 Å². The quantitative estimate of drug-likeness (QED) is 0.894. The van der Waals surface area contributed by atoms with Gasteiger partial charge in [-0.3, -0.25) is 0 Å². The van der Waals surface area contributed by atoms with E-state index in [-0.39, 0.29) is 11.5 Å². The zero-order valence-corrected chi connectivity index (χ0v) is 10.7. The highest BCUT2D eigenvalue weighted by atomic mass is 19.4. The summed E-state index contributed by atoms with van der Waals surface area (Å²) in [5.41, 5.74) is -0.433. The number of hydrogen-bond acceptors (Lipinski definition) is 3. The standard InChI is InChI=1S/C13H15F3N2O/c1-9(8-19-2)7-18-12-4-3-11(13(14,15)16)5-10(12)6-17/h3-5,9,18H,7-8H2,1-2H3. The summed E-state index contributed by atoms with van der Waals surface area (Å²) in [5, 5.41) is 11.9. The monoisotopic (exact) mass is 272 g/mol. The number of nitrogens with one attached hydrogen (secondary N) is 1. The molecule has 0 spiro atoms. The SMILES string of the molecule is COCC(C)CNc1ccc(C(F)(F)F)cc1C#N. The number of alkyl halides is 3. The fraction of sp³-hybridized carbons (Fsp3) is 0.462. The van der Waals surface area contributed by atoms with E-state index >= 15 is 0 Å². The molecule has 104 valence electrons. The van der Waals surface area contributed by atoms with E-state index in [9.17, 15) is 13.2 Å². The van der Waals surface area contributed by atoms with E-state index in [1.165, 1.54) is 6.07 Å². The van der Waals surface area contributed by atoms with Crippen molar-refractivity contribution in [1.82, 2.24) is 0 Å². The van der Waals surface area contributed by atoms with Gasteiger partial charge < -0.3 is 10.1 Å². The van der Waals surface area contributed by atoms with E-state index in [0.717, 1.165) is 12.1 Å². The van der Waals surface area contributed by atoms with Gasteiger partial charge in [0.2, 0.25) is 0 Å². The first-order chi connectivity index (χ1) is 8.88. The Balaban J connectivity index is 2.83. The van der Waals surface area contributed by atoms with Crippen molar-refractivity contribution in [3.05, 3.63) is 29.3 Å². The second-order valence-corrected chi connectivity index (χ2v) is 4.31. The van der Waals surface area contributed by atoms with Crippen LogP contribution in [-0.2, 0) is 10.9 Å². The molecule has 1 unspecified atom stereocenters. The zero-order chi connectivity index (χ0) is 14.5. The lowest BCUT2D eigenvalue weighted by atomic mass is 10.1. The minimum Gasteiger partial charge on any atom is -0.384 e. The predicted molar refractivity (Wildman–Crippen MR) is 65.7 cm³/mol. The maximum atomic E-state index is 12.5. The van der Waals surface area contributed by atoms with Crippen LogP contribution in [0.25, 0.3) is 0 Å². The fourth-order valence-corrected chi connectivity index (χ4v) is 1.59. The van der Waals surface area contributed by atoms with Crippen molar-refractivity contribution in [2.24, 2.45) is 5.92 Å². The number of methoxy groups -OCH3 is 1. The molecule has 0 aliphatic carbocycles. The van der Waals surface area contributed by atoms with Crippen LogP contribution in [0.2, 0.25) is 0 Å². The smallest absolute Gasteiger partial charge is 0.384 e. The average Bonchev–Trinajstić information content (AvgIpc) is 2.35. The molecule has 0 heterocycles. The molecule has 1 aromatic rings. The summed E-state index contributed by atoms with van der Waals surface area (Å²) < 4.78 is 42.5. The number of nitrogens with zero attached hydrogens (tertiary/aromatic N) is 1. The Bertz CT molecular complexity index is 466. The summed E-state index contributed by atoms with van der Waals surface area (Å²) in [7, 11) is 1.58. The van der Waals surface area contributed by atoms with Crippen molar-refractivity contribution in [3.8, 4) is 6.07 Å². The molecule has 3 nitrogen and oxygen atoms in total. The Morgan fingerprint density at radius 2 is 2.11 bits per heavy atom. The fourth-order valence-electron chi connectivity index (χ4n) is 1.59. The van der Waals surface area contributed by atoms with Crippen molar-refractivity contribution in [2.75, 3.05) is 25.6 Å². The number of hydrogen-bond donors (Lipinski definition) is 1. The molecule has 0 fully saturated rings. The van der Waals surface area contributed by atoms with E-state index < -0.39 is 11.7 Å². The second kappa shape index (κ2) is 6.43. The van der Waals surface area contributed by atoms with Crippen LogP contribution in [0.1, 0.15) is 18.1 Å². The normalized spacial score (nSPS) is 12.8. The molecule has 0 saturated heterocycles. The van der Waals surface area contributed by atoms with Crippen LogP contribution in [0.4, 0.5) is 18.9 Å². The van der Waals surface area contributed by atoms with Crippen molar-refractivity contribution >= 4 is 5.69 Å². The minimum absolute atomic E-state index is 0.0144. The van der Waals surface area contributed by atoms with Gasteiger partial charge in [-0.15, -0.1) is 0 Å². The molecule has 1 rings (SSSR count). The van der Waals surface area contributed by atoms with Gasteiger partial charge in [0.1, 0.15) is 6.07 Å². The first-order valence-corrected chi connectivity index (χ1v) is 5.72. The van der Waals surface area contributed by atoms with Crippen LogP contribution in [-0.4, -0.2) is 20.3 Å². The molecule has 0 radical (unpaired) electrons. The first-order valence-electron chi connectivity index (χ1n) is 5.72. The van der Waals surface area contributed by atoms with E-state index in [1.54, 1.807) is 13.2 Å². The molecule has 0 aliphatic rings. The van der Waals surface area contributed by atoms with Gasteiger partial charge in [-0.05, 0) is 24.1 Å². The van der Waals surface area contributed by atoms with Crippen molar-refractivity contribution in [2.45, 2.75) is 13.1 Å². The highest BCUT2D eigenvalue weighted by molar-refractivity contribution is 5.59. The summed E-state index contributed by atoms with van der Waals surface area (Å²) in [5.74, 6) is 0.193. The van der Waals surface area contributed by atoms with Gasteiger partial charge in [0.05, 0.1) is 23.4 Å². The number of rotatable bonds is 5. The third-order valence-corrected chi connectivity index (χ3v) is 2.56. The minimum atomic E-state index is -4.44. The van der Waals surface area contributed by atoms with Gasteiger partial charge in [0, 0.05) is 13.7 Å². The predicted octanol–water partition coefficient (Wildman–Crippen LogP) is 3.27. The molecule has 0 saturated carbocycles. The Morgan fingerprint density at radius 1 is 1.42 bits per heavy atom. The second-order valence-electron chi connectivity index (χ2n) is 4.31. The number of benzene rings is 1. The van der Waals surface area contributed by atoms with Gasteiger partial charge in [-0.25, -0.2) is 0 Å². The van der Waals surface area contributed by atoms with Crippen LogP contribution < -0.4 is 5.32 Å². The Morgan fingerprint density at radius 3 is 2.63 bits per heavy atom. The first kappa shape index (κ1) is 15.3. The summed E-state index contributed by atoms with van der Waals surface area (Å²) in [6, 6.07) is 4.86. The van der Waals surface area contributed by atoms with Crippen molar-refractivity contribution in [1.29, 1.82) is 5.26 Å². The molecule has 1 N–H and O–H groups in total. The Hall–Kier alpha value is -1.74. The molecule has 0 amide bonds. The molecule has 19 heavy (non-hydrogen) atoms. The number of halogens is 3. The lowest BCUT2D eigenvalue weighted by Crippen LogP contribution is -2.16. The summed E-state index contributed by atoms with van der Waals surface area (Å²) in [6.07, 6.45) is -4.44. The van der Waals surface area contributed by atoms with Gasteiger partial charge >= 0.3 is 6.18 Å². The van der Waals surface area contributed by atoms with Gasteiger partial charge in [0.15, 0.2) is 0 Å². The van der Waals surface area contributed by atoms with Crippen molar-refractivity contribution in [3.63, 3.8) is 0 Å². The number of anilines is 1. The topological polar surface area (TPSA) is 45.0 Å². The van der Waals surface area contributed by atoms with Crippen LogP contribution in [0.5, 0.6) is 0 Å². The highest BCUT2D eigenvalue weighted by Gasteiger charge is 2.31. The van der Waals surface area contributed by atoms with Crippen molar-refractivity contribution < 1.29 is 17.9 Å². The maximum Gasteiger partial charge on any atom is 0.416 e. The van der Waals surface area contributed by atoms with E-state index in [2.05, 4.69) is 5.32 Å². The molecule has 1 aromatic carbocycles. The van der Waals surface area contributed by atoms with Crippen LogP contribution in [0, 0.1) is 17.2 Å². The molecule has 0 bridgehead atoms. The third-order valence-electron chi connectivity index (χ3n) is 2.56.